The molecule has 18 heavy (non-hydrogen) atoms. The number of aromatic nitrogens is 2. The molecule has 0 amide bonds. The van der Waals surface area contributed by atoms with E-state index in [1.165, 1.54) is 6.92 Å². The van der Waals surface area contributed by atoms with Gasteiger partial charge in [-0.15, -0.1) is 0 Å². The number of carbonyl (C=O) groups is 1. The van der Waals surface area contributed by atoms with Crippen LogP contribution in [0.25, 0.3) is 0 Å². The molecule has 1 heterocycles. The highest BCUT2D eigenvalue weighted by atomic mass is 16.5. The van der Waals surface area contributed by atoms with Crippen molar-refractivity contribution in [1.29, 1.82) is 0 Å². The zero-order chi connectivity index (χ0) is 13.4. The summed E-state index contributed by atoms with van der Waals surface area (Å²) in [6.45, 7) is 5.08. The minimum absolute atomic E-state index is 0.0454. The maximum absolute atomic E-state index is 11.4. The van der Waals surface area contributed by atoms with Crippen LogP contribution in [0.15, 0.2) is 4.52 Å². The molecule has 1 atom stereocenters. The lowest BCUT2D eigenvalue weighted by atomic mass is 10.0. The van der Waals surface area contributed by atoms with Gasteiger partial charge >= 0.3 is 0 Å². The van der Waals surface area contributed by atoms with Gasteiger partial charge in [0.25, 0.3) is 0 Å². The van der Waals surface area contributed by atoms with Gasteiger partial charge in [0.1, 0.15) is 5.78 Å². The van der Waals surface area contributed by atoms with Crippen molar-refractivity contribution in [2.24, 2.45) is 0 Å². The van der Waals surface area contributed by atoms with Crippen molar-refractivity contribution in [3.8, 4) is 0 Å². The molecule has 0 fully saturated rings. The topological polar surface area (TPSA) is 74.5 Å². The summed E-state index contributed by atoms with van der Waals surface area (Å²) >= 11 is 0. The summed E-state index contributed by atoms with van der Waals surface area (Å²) in [4.78, 5) is 15.6. The summed E-state index contributed by atoms with van der Waals surface area (Å²) in [5.74, 6) is 0.726. The number of ketones is 1. The lowest BCUT2D eigenvalue weighted by Gasteiger charge is -2.03. The van der Waals surface area contributed by atoms with Gasteiger partial charge in [-0.2, -0.15) is 4.98 Å². The number of hydrogen-bond donors (Lipinski definition) is 0. The molecular weight excluding hydrogens is 236 g/mol. The van der Waals surface area contributed by atoms with Crippen LogP contribution >= 0.6 is 0 Å². The van der Waals surface area contributed by atoms with E-state index in [0.29, 0.717) is 44.4 Å². The summed E-state index contributed by atoms with van der Waals surface area (Å²) in [6.07, 6.45) is 1.24. The third-order valence-electron chi connectivity index (χ3n) is 2.58. The van der Waals surface area contributed by atoms with E-state index in [-0.39, 0.29) is 11.7 Å². The molecule has 0 N–H and O–H groups in total. The maximum atomic E-state index is 11.4. The van der Waals surface area contributed by atoms with E-state index >= 15 is 0 Å². The van der Waals surface area contributed by atoms with Crippen molar-refractivity contribution in [3.63, 3.8) is 0 Å². The van der Waals surface area contributed by atoms with Gasteiger partial charge in [0.05, 0.1) is 25.7 Å². The molecular formula is C12H20N2O4. The minimum Gasteiger partial charge on any atom is -0.382 e. The zero-order valence-corrected chi connectivity index (χ0v) is 11.1. The molecule has 1 unspecified atom stereocenters. The van der Waals surface area contributed by atoms with Crippen molar-refractivity contribution in [1.82, 2.24) is 10.1 Å². The molecule has 6 nitrogen and oxygen atoms in total. The number of methoxy groups -OCH3 is 1. The lowest BCUT2D eigenvalue weighted by Crippen LogP contribution is -2.08. The fourth-order valence-electron chi connectivity index (χ4n) is 1.55. The second-order valence-corrected chi connectivity index (χ2v) is 3.98. The van der Waals surface area contributed by atoms with Crippen molar-refractivity contribution in [3.05, 3.63) is 11.7 Å². The van der Waals surface area contributed by atoms with Gasteiger partial charge in [0.2, 0.25) is 5.89 Å². The number of nitrogens with zero attached hydrogens (tertiary/aromatic N) is 2. The second-order valence-electron chi connectivity index (χ2n) is 3.98. The van der Waals surface area contributed by atoms with E-state index in [1.54, 1.807) is 7.11 Å². The number of Topliss-reactive ketones (excluding diaryl/α,β-unsaturated/α-hetero) is 1. The average molecular weight is 256 g/mol. The van der Waals surface area contributed by atoms with Crippen LogP contribution in [0.5, 0.6) is 0 Å². The van der Waals surface area contributed by atoms with E-state index < -0.39 is 0 Å². The molecule has 0 bridgehead atoms. The quantitative estimate of drug-likeness (QED) is 0.621. The zero-order valence-electron chi connectivity index (χ0n) is 11.1. The largest absolute Gasteiger partial charge is 0.382 e. The van der Waals surface area contributed by atoms with Crippen LogP contribution in [-0.4, -0.2) is 42.9 Å². The van der Waals surface area contributed by atoms with Crippen LogP contribution in [0.3, 0.4) is 0 Å². The third kappa shape index (κ3) is 4.54. The molecule has 0 aromatic carbocycles. The fraction of sp³-hybridized carbons (Fsp3) is 0.750. The number of hydrogen-bond acceptors (Lipinski definition) is 6. The predicted molar refractivity (Wildman–Crippen MR) is 64.4 cm³/mol. The highest BCUT2D eigenvalue weighted by molar-refractivity contribution is 5.82. The number of ether oxygens (including phenoxy) is 2. The molecule has 0 aliphatic heterocycles. The van der Waals surface area contributed by atoms with E-state index in [2.05, 4.69) is 10.1 Å². The molecule has 0 spiro atoms. The highest BCUT2D eigenvalue weighted by Gasteiger charge is 2.21. The van der Waals surface area contributed by atoms with E-state index in [1.807, 2.05) is 6.92 Å². The van der Waals surface area contributed by atoms with E-state index in [4.69, 9.17) is 14.0 Å². The third-order valence-corrected chi connectivity index (χ3v) is 2.58. The van der Waals surface area contributed by atoms with Crippen LogP contribution in [-0.2, 0) is 20.7 Å². The van der Waals surface area contributed by atoms with Gasteiger partial charge in [-0.25, -0.2) is 0 Å². The molecule has 102 valence electrons. The number of carbonyl (C=O) groups excluding carboxylic acids is 1. The Kier molecular flexibility index (Phi) is 6.53. The molecule has 0 aliphatic rings. The van der Waals surface area contributed by atoms with Gasteiger partial charge in [-0.1, -0.05) is 12.1 Å². The van der Waals surface area contributed by atoms with Crippen LogP contribution in [0.2, 0.25) is 0 Å². The Morgan fingerprint density at radius 3 is 2.78 bits per heavy atom. The smallest absolute Gasteiger partial charge is 0.237 e. The Morgan fingerprint density at radius 1 is 1.39 bits per heavy atom. The van der Waals surface area contributed by atoms with Crippen molar-refractivity contribution in [2.75, 3.05) is 26.9 Å². The van der Waals surface area contributed by atoms with Crippen molar-refractivity contribution < 1.29 is 18.8 Å². The Balaban J connectivity index is 2.40. The summed E-state index contributed by atoms with van der Waals surface area (Å²) in [7, 11) is 1.63. The fourth-order valence-corrected chi connectivity index (χ4v) is 1.55. The molecule has 0 saturated carbocycles. The molecule has 0 radical (unpaired) electrons. The Labute approximate surface area is 107 Å². The van der Waals surface area contributed by atoms with Crippen molar-refractivity contribution >= 4 is 5.78 Å². The van der Waals surface area contributed by atoms with Crippen LogP contribution in [0, 0.1) is 0 Å². The first-order chi connectivity index (χ1) is 8.69. The minimum atomic E-state index is -0.291. The maximum Gasteiger partial charge on any atom is 0.237 e. The number of rotatable bonds is 9. The lowest BCUT2D eigenvalue weighted by molar-refractivity contribution is -0.119. The van der Waals surface area contributed by atoms with Crippen molar-refractivity contribution in [2.45, 2.75) is 32.6 Å². The Hall–Kier alpha value is -1.27. The van der Waals surface area contributed by atoms with Crippen LogP contribution in [0.4, 0.5) is 0 Å². The van der Waals surface area contributed by atoms with Crippen LogP contribution < -0.4 is 0 Å². The Bertz CT molecular complexity index is 365. The van der Waals surface area contributed by atoms with Gasteiger partial charge in [0.15, 0.2) is 5.82 Å². The summed E-state index contributed by atoms with van der Waals surface area (Å²) in [5.41, 5.74) is 0. The first-order valence-corrected chi connectivity index (χ1v) is 6.08. The monoisotopic (exact) mass is 256 g/mol. The first kappa shape index (κ1) is 14.8. The molecule has 0 aliphatic carbocycles. The van der Waals surface area contributed by atoms with Gasteiger partial charge in [-0.05, 0) is 13.3 Å². The average Bonchev–Trinajstić information content (AvgIpc) is 2.78. The first-order valence-electron chi connectivity index (χ1n) is 6.08. The Morgan fingerprint density at radius 2 is 2.17 bits per heavy atom. The summed E-state index contributed by atoms with van der Waals surface area (Å²) < 4.78 is 15.3. The van der Waals surface area contributed by atoms with Crippen LogP contribution in [0.1, 0.15) is 37.9 Å². The molecule has 0 saturated heterocycles. The summed E-state index contributed by atoms with van der Waals surface area (Å²) in [6, 6.07) is 0. The normalized spacial score (nSPS) is 12.6. The SMILES string of the molecule is CCC(C(C)=O)c1nc(CCOCCOC)no1. The predicted octanol–water partition coefficient (Wildman–Crippen LogP) is 1.36. The van der Waals surface area contributed by atoms with Gasteiger partial charge < -0.3 is 14.0 Å². The second kappa shape index (κ2) is 7.94. The van der Waals surface area contributed by atoms with Gasteiger partial charge in [-0.3, -0.25) is 4.79 Å². The highest BCUT2D eigenvalue weighted by Crippen LogP contribution is 2.18. The molecule has 6 heteroatoms. The molecule has 1 aromatic rings. The standard InChI is InChI=1S/C12H20N2O4/c1-4-10(9(2)15)12-13-11(14-18-12)5-6-17-8-7-16-3/h10H,4-8H2,1-3H3. The van der Waals surface area contributed by atoms with E-state index in [0.717, 1.165) is 0 Å². The molecule has 1 aromatic heterocycles. The van der Waals surface area contributed by atoms with E-state index in [9.17, 15) is 4.79 Å². The molecule has 1 rings (SSSR count). The van der Waals surface area contributed by atoms with Gasteiger partial charge in [0, 0.05) is 13.5 Å². The summed E-state index contributed by atoms with van der Waals surface area (Å²) in [5, 5.41) is 3.84.